The van der Waals surface area contributed by atoms with Gasteiger partial charge in [-0.1, -0.05) is 20.3 Å². The number of amides is 2. The Morgan fingerprint density at radius 3 is 2.09 bits per heavy atom. The molecule has 128 valence electrons. The normalized spacial score (nSPS) is 12.7. The predicted molar refractivity (Wildman–Crippen MR) is 87.0 cm³/mol. The van der Waals surface area contributed by atoms with E-state index in [9.17, 15) is 9.59 Å². The molecule has 0 aliphatic rings. The number of benzene rings is 1. The van der Waals surface area contributed by atoms with E-state index in [1.807, 2.05) is 13.8 Å². The molecule has 2 atom stereocenters. The molecule has 0 fully saturated rings. The maximum atomic E-state index is 12.2. The van der Waals surface area contributed by atoms with Gasteiger partial charge in [-0.05, 0) is 5.92 Å². The first-order valence-corrected chi connectivity index (χ1v) is 7.33. The summed E-state index contributed by atoms with van der Waals surface area (Å²) < 4.78 is 15.0. The summed E-state index contributed by atoms with van der Waals surface area (Å²) in [7, 11) is 4.34. The first kappa shape index (κ1) is 18.6. The Labute approximate surface area is 136 Å². The fourth-order valence-electron chi connectivity index (χ4n) is 1.98. The van der Waals surface area contributed by atoms with Gasteiger partial charge < -0.3 is 24.8 Å². The molecule has 0 saturated carbocycles. The van der Waals surface area contributed by atoms with E-state index in [4.69, 9.17) is 14.2 Å². The van der Waals surface area contributed by atoms with Gasteiger partial charge in [-0.2, -0.15) is 0 Å². The number of nitrogens with one attached hydrogen (secondary N) is 2. The van der Waals surface area contributed by atoms with Crippen LogP contribution < -0.4 is 20.1 Å². The first-order chi connectivity index (χ1) is 10.9. The van der Waals surface area contributed by atoms with Crippen molar-refractivity contribution in [2.45, 2.75) is 26.3 Å². The van der Waals surface area contributed by atoms with E-state index in [0.29, 0.717) is 17.2 Å². The highest BCUT2D eigenvalue weighted by molar-refractivity contribution is 5.93. The lowest BCUT2D eigenvalue weighted by Crippen LogP contribution is -2.47. The number of methoxy groups -OCH3 is 3. The van der Waals surface area contributed by atoms with Crippen molar-refractivity contribution in [1.29, 1.82) is 0 Å². The van der Waals surface area contributed by atoms with Crippen LogP contribution >= 0.6 is 0 Å². The Morgan fingerprint density at radius 2 is 1.65 bits per heavy atom. The number of rotatable bonds is 7. The lowest BCUT2D eigenvalue weighted by Gasteiger charge is -2.22. The smallest absolute Gasteiger partial charge is 0.328 e. The van der Waals surface area contributed by atoms with E-state index in [0.717, 1.165) is 6.42 Å². The van der Waals surface area contributed by atoms with Gasteiger partial charge in [0.25, 0.3) is 0 Å². The highest BCUT2D eigenvalue weighted by Crippen LogP contribution is 2.25. The summed E-state index contributed by atoms with van der Waals surface area (Å²) in [6.45, 7) is 3.81. The van der Waals surface area contributed by atoms with Crippen molar-refractivity contribution in [3.05, 3.63) is 18.2 Å². The average Bonchev–Trinajstić information content (AvgIpc) is 2.57. The molecule has 0 spiro atoms. The third kappa shape index (κ3) is 5.36. The van der Waals surface area contributed by atoms with Crippen LogP contribution in [-0.4, -0.2) is 39.4 Å². The Balaban J connectivity index is 2.83. The van der Waals surface area contributed by atoms with Crippen LogP contribution in [-0.2, 0) is 9.53 Å². The van der Waals surface area contributed by atoms with Crippen LogP contribution in [0.15, 0.2) is 18.2 Å². The number of carbonyl (C=O) groups is 2. The lowest BCUT2D eigenvalue weighted by atomic mass is 9.99. The number of urea groups is 1. The van der Waals surface area contributed by atoms with Gasteiger partial charge in [-0.3, -0.25) is 0 Å². The number of esters is 1. The van der Waals surface area contributed by atoms with Gasteiger partial charge in [-0.15, -0.1) is 0 Å². The van der Waals surface area contributed by atoms with Crippen LogP contribution in [0.4, 0.5) is 10.5 Å². The van der Waals surface area contributed by atoms with Gasteiger partial charge in [0.15, 0.2) is 0 Å². The average molecular weight is 324 g/mol. The monoisotopic (exact) mass is 324 g/mol. The summed E-state index contributed by atoms with van der Waals surface area (Å²) in [4.78, 5) is 23.9. The second-order valence-electron chi connectivity index (χ2n) is 5.09. The van der Waals surface area contributed by atoms with Crippen molar-refractivity contribution in [2.75, 3.05) is 26.6 Å². The molecule has 1 rings (SSSR count). The number of anilines is 1. The van der Waals surface area contributed by atoms with Gasteiger partial charge in [0, 0.05) is 23.9 Å². The van der Waals surface area contributed by atoms with Gasteiger partial charge in [0.05, 0.1) is 21.3 Å². The van der Waals surface area contributed by atoms with Crippen LogP contribution in [0.3, 0.4) is 0 Å². The first-order valence-electron chi connectivity index (χ1n) is 7.33. The van der Waals surface area contributed by atoms with E-state index < -0.39 is 18.0 Å². The van der Waals surface area contributed by atoms with E-state index in [1.54, 1.807) is 18.2 Å². The van der Waals surface area contributed by atoms with E-state index in [-0.39, 0.29) is 5.92 Å². The molecule has 1 aromatic carbocycles. The van der Waals surface area contributed by atoms with E-state index >= 15 is 0 Å². The van der Waals surface area contributed by atoms with Crippen LogP contribution in [0.25, 0.3) is 0 Å². The topological polar surface area (TPSA) is 85.9 Å². The number of ether oxygens (including phenoxy) is 3. The number of carbonyl (C=O) groups excluding carboxylic acids is 2. The molecule has 7 heteroatoms. The summed E-state index contributed by atoms with van der Waals surface area (Å²) in [5.74, 6) is 0.572. The lowest BCUT2D eigenvalue weighted by molar-refractivity contribution is -0.144. The Bertz CT molecular complexity index is 525. The quantitative estimate of drug-likeness (QED) is 0.752. The van der Waals surface area contributed by atoms with Gasteiger partial charge in [0.2, 0.25) is 0 Å². The van der Waals surface area contributed by atoms with Crippen LogP contribution in [0.5, 0.6) is 11.5 Å². The van der Waals surface area contributed by atoms with Gasteiger partial charge >= 0.3 is 12.0 Å². The molecule has 23 heavy (non-hydrogen) atoms. The van der Waals surface area contributed by atoms with Crippen molar-refractivity contribution in [3.8, 4) is 11.5 Å². The molecule has 0 unspecified atom stereocenters. The van der Waals surface area contributed by atoms with Crippen molar-refractivity contribution < 1.29 is 23.8 Å². The van der Waals surface area contributed by atoms with Crippen molar-refractivity contribution >= 4 is 17.7 Å². The van der Waals surface area contributed by atoms with Crippen molar-refractivity contribution in [3.63, 3.8) is 0 Å². The molecule has 0 bridgehead atoms. The molecule has 2 amide bonds. The zero-order chi connectivity index (χ0) is 17.4. The van der Waals surface area contributed by atoms with Crippen LogP contribution in [0.2, 0.25) is 0 Å². The molecule has 1 aromatic rings. The van der Waals surface area contributed by atoms with Crippen LogP contribution in [0, 0.1) is 5.92 Å². The summed E-state index contributed by atoms with van der Waals surface area (Å²) >= 11 is 0. The molecule has 7 nitrogen and oxygen atoms in total. The van der Waals surface area contributed by atoms with E-state index in [2.05, 4.69) is 10.6 Å². The maximum Gasteiger partial charge on any atom is 0.328 e. The maximum absolute atomic E-state index is 12.2. The third-order valence-corrected chi connectivity index (χ3v) is 3.56. The molecule has 0 radical (unpaired) electrons. The van der Waals surface area contributed by atoms with Crippen LogP contribution in [0.1, 0.15) is 20.3 Å². The number of hydrogen-bond acceptors (Lipinski definition) is 5. The summed E-state index contributed by atoms with van der Waals surface area (Å²) in [5.41, 5.74) is 0.492. The minimum absolute atomic E-state index is 0.0481. The zero-order valence-corrected chi connectivity index (χ0v) is 14.1. The molecule has 2 N–H and O–H groups in total. The highest BCUT2D eigenvalue weighted by atomic mass is 16.5. The predicted octanol–water partition coefficient (Wildman–Crippen LogP) is 2.41. The summed E-state index contributed by atoms with van der Waals surface area (Å²) in [6.07, 6.45) is 0.729. The Hall–Kier alpha value is -2.44. The summed E-state index contributed by atoms with van der Waals surface area (Å²) in [5, 5.41) is 5.30. The van der Waals surface area contributed by atoms with E-state index in [1.165, 1.54) is 21.3 Å². The zero-order valence-electron chi connectivity index (χ0n) is 14.1. The second kappa shape index (κ2) is 8.87. The SMILES string of the molecule is CC[C@@H](C)[C@H](NC(=O)Nc1cc(OC)cc(OC)c1)C(=O)OC. The molecule has 0 heterocycles. The Morgan fingerprint density at radius 1 is 1.09 bits per heavy atom. The molecule has 0 aliphatic carbocycles. The minimum Gasteiger partial charge on any atom is -0.497 e. The summed E-state index contributed by atoms with van der Waals surface area (Å²) in [6, 6.07) is 3.78. The number of hydrogen-bond donors (Lipinski definition) is 2. The second-order valence-corrected chi connectivity index (χ2v) is 5.09. The van der Waals surface area contributed by atoms with Gasteiger partial charge in [-0.25, -0.2) is 9.59 Å². The largest absolute Gasteiger partial charge is 0.497 e. The molecular weight excluding hydrogens is 300 g/mol. The molecular formula is C16H24N2O5. The van der Waals surface area contributed by atoms with Gasteiger partial charge in [0.1, 0.15) is 17.5 Å². The highest BCUT2D eigenvalue weighted by Gasteiger charge is 2.26. The molecule has 0 aromatic heterocycles. The molecule has 0 aliphatic heterocycles. The standard InChI is InChI=1S/C16H24N2O5/c1-6-10(2)14(15(19)23-5)18-16(20)17-11-7-12(21-3)9-13(8-11)22-4/h7-10,14H,6H2,1-5H3,(H2,17,18,20)/t10-,14+/m1/s1. The Kier molecular flexibility index (Phi) is 7.18. The fraction of sp³-hybridized carbons (Fsp3) is 0.500. The fourth-order valence-corrected chi connectivity index (χ4v) is 1.98. The van der Waals surface area contributed by atoms with Crippen molar-refractivity contribution in [2.24, 2.45) is 5.92 Å². The minimum atomic E-state index is -0.711. The van der Waals surface area contributed by atoms with Crippen molar-refractivity contribution in [1.82, 2.24) is 5.32 Å². The molecule has 0 saturated heterocycles. The third-order valence-electron chi connectivity index (χ3n) is 3.56.